The molecular weight excluding hydrogens is 254 g/mol. The van der Waals surface area contributed by atoms with Crippen molar-refractivity contribution in [1.29, 1.82) is 0 Å². The van der Waals surface area contributed by atoms with Gasteiger partial charge in [0.1, 0.15) is 5.75 Å². The zero-order valence-corrected chi connectivity index (χ0v) is 12.1. The van der Waals surface area contributed by atoms with Gasteiger partial charge in [-0.2, -0.15) is 0 Å². The Hall–Kier alpha value is -1.81. The number of nitrogens with one attached hydrogen (secondary N) is 1. The third-order valence-electron chi connectivity index (χ3n) is 3.32. The van der Waals surface area contributed by atoms with Gasteiger partial charge in [0.05, 0.1) is 20.1 Å². The molecule has 0 aliphatic heterocycles. The Morgan fingerprint density at radius 3 is 2.90 bits per heavy atom. The molecule has 4 nitrogen and oxygen atoms in total. The fourth-order valence-electron chi connectivity index (χ4n) is 2.23. The quantitative estimate of drug-likeness (QED) is 0.585. The van der Waals surface area contributed by atoms with Crippen LogP contribution in [0.4, 0.5) is 0 Å². The SMILES string of the molecule is CCOC(=O)CCNCCC1=Cc2ccc(OC)cc21. The summed E-state index contributed by atoms with van der Waals surface area (Å²) in [6.45, 7) is 3.80. The second kappa shape index (κ2) is 7.10. The van der Waals surface area contributed by atoms with Gasteiger partial charge in [0.25, 0.3) is 0 Å². The number of rotatable bonds is 8. The highest BCUT2D eigenvalue weighted by Gasteiger charge is 2.16. The third-order valence-corrected chi connectivity index (χ3v) is 3.32. The van der Waals surface area contributed by atoms with Crippen LogP contribution in [0.5, 0.6) is 5.75 Å². The molecule has 0 aromatic heterocycles. The maximum absolute atomic E-state index is 11.2. The Labute approximate surface area is 119 Å². The van der Waals surface area contributed by atoms with Crippen molar-refractivity contribution in [2.24, 2.45) is 0 Å². The van der Waals surface area contributed by atoms with Gasteiger partial charge in [0.2, 0.25) is 0 Å². The van der Waals surface area contributed by atoms with Crippen LogP contribution in [0.25, 0.3) is 11.6 Å². The van der Waals surface area contributed by atoms with Crippen LogP contribution in [0.3, 0.4) is 0 Å². The lowest BCUT2D eigenvalue weighted by molar-refractivity contribution is -0.142. The van der Waals surface area contributed by atoms with Crippen molar-refractivity contribution in [1.82, 2.24) is 5.32 Å². The first kappa shape index (κ1) is 14.6. The van der Waals surface area contributed by atoms with Crippen LogP contribution < -0.4 is 10.1 Å². The first-order chi connectivity index (χ1) is 9.74. The predicted octanol–water partition coefficient (Wildman–Crippen LogP) is 2.48. The van der Waals surface area contributed by atoms with Gasteiger partial charge in [0.15, 0.2) is 0 Å². The van der Waals surface area contributed by atoms with Crippen LogP contribution in [0.1, 0.15) is 30.9 Å². The molecule has 2 rings (SSSR count). The van der Waals surface area contributed by atoms with Gasteiger partial charge in [-0.15, -0.1) is 0 Å². The Morgan fingerprint density at radius 2 is 2.15 bits per heavy atom. The van der Waals surface area contributed by atoms with Crippen LogP contribution in [0.2, 0.25) is 0 Å². The summed E-state index contributed by atoms with van der Waals surface area (Å²) in [7, 11) is 1.68. The summed E-state index contributed by atoms with van der Waals surface area (Å²) in [4.78, 5) is 11.2. The van der Waals surface area contributed by atoms with E-state index in [0.29, 0.717) is 19.6 Å². The monoisotopic (exact) mass is 275 g/mol. The summed E-state index contributed by atoms with van der Waals surface area (Å²) < 4.78 is 10.1. The van der Waals surface area contributed by atoms with Gasteiger partial charge in [-0.25, -0.2) is 0 Å². The molecule has 0 saturated heterocycles. The maximum atomic E-state index is 11.2. The number of carbonyl (C=O) groups is 1. The number of benzene rings is 1. The highest BCUT2D eigenvalue weighted by atomic mass is 16.5. The summed E-state index contributed by atoms with van der Waals surface area (Å²) in [5, 5.41) is 3.26. The fraction of sp³-hybridized carbons (Fsp3) is 0.438. The molecule has 1 aromatic rings. The fourth-order valence-corrected chi connectivity index (χ4v) is 2.23. The van der Waals surface area contributed by atoms with Crippen LogP contribution in [-0.2, 0) is 9.53 Å². The van der Waals surface area contributed by atoms with E-state index in [0.717, 1.165) is 18.7 Å². The average molecular weight is 275 g/mol. The summed E-state index contributed by atoms with van der Waals surface area (Å²) in [5.74, 6) is 0.752. The van der Waals surface area contributed by atoms with E-state index in [1.54, 1.807) is 7.11 Å². The summed E-state index contributed by atoms with van der Waals surface area (Å²) in [5.41, 5.74) is 3.88. The van der Waals surface area contributed by atoms with E-state index in [1.165, 1.54) is 16.7 Å². The number of carbonyl (C=O) groups excluding carboxylic acids is 1. The van der Waals surface area contributed by atoms with Gasteiger partial charge < -0.3 is 14.8 Å². The van der Waals surface area contributed by atoms with E-state index in [9.17, 15) is 4.79 Å². The van der Waals surface area contributed by atoms with Gasteiger partial charge in [-0.1, -0.05) is 12.1 Å². The number of fused-ring (bicyclic) bond motifs is 1. The predicted molar refractivity (Wildman–Crippen MR) is 79.6 cm³/mol. The molecule has 0 bridgehead atoms. The van der Waals surface area contributed by atoms with Gasteiger partial charge in [-0.3, -0.25) is 4.79 Å². The molecule has 0 radical (unpaired) electrons. The van der Waals surface area contributed by atoms with E-state index >= 15 is 0 Å². The highest BCUT2D eigenvalue weighted by molar-refractivity contribution is 5.95. The molecule has 1 aromatic carbocycles. The minimum Gasteiger partial charge on any atom is -0.497 e. The van der Waals surface area contributed by atoms with Crippen molar-refractivity contribution in [3.63, 3.8) is 0 Å². The molecule has 20 heavy (non-hydrogen) atoms. The van der Waals surface area contributed by atoms with Gasteiger partial charge in [0, 0.05) is 6.54 Å². The first-order valence-electron chi connectivity index (χ1n) is 7.00. The summed E-state index contributed by atoms with van der Waals surface area (Å²) >= 11 is 0. The van der Waals surface area contributed by atoms with Crippen molar-refractivity contribution in [2.45, 2.75) is 19.8 Å². The smallest absolute Gasteiger partial charge is 0.307 e. The molecule has 1 aliphatic rings. The van der Waals surface area contributed by atoms with Crippen molar-refractivity contribution < 1.29 is 14.3 Å². The second-order valence-corrected chi connectivity index (χ2v) is 4.68. The molecule has 1 aliphatic carbocycles. The molecule has 0 unspecified atom stereocenters. The number of hydrogen-bond acceptors (Lipinski definition) is 4. The second-order valence-electron chi connectivity index (χ2n) is 4.68. The maximum Gasteiger partial charge on any atom is 0.307 e. The number of methoxy groups -OCH3 is 1. The zero-order valence-electron chi connectivity index (χ0n) is 12.1. The Bertz CT molecular complexity index is 508. The molecule has 108 valence electrons. The Morgan fingerprint density at radius 1 is 1.30 bits per heavy atom. The minimum atomic E-state index is -0.141. The van der Waals surface area contributed by atoms with Crippen molar-refractivity contribution in [3.8, 4) is 5.75 Å². The van der Waals surface area contributed by atoms with E-state index in [2.05, 4.69) is 23.5 Å². The summed E-state index contributed by atoms with van der Waals surface area (Å²) in [6.07, 6.45) is 3.59. The number of ether oxygens (including phenoxy) is 2. The molecule has 0 heterocycles. The van der Waals surface area contributed by atoms with Crippen LogP contribution in [0.15, 0.2) is 18.2 Å². The van der Waals surface area contributed by atoms with Gasteiger partial charge >= 0.3 is 5.97 Å². The molecule has 4 heteroatoms. The number of hydrogen-bond donors (Lipinski definition) is 1. The molecule has 1 N–H and O–H groups in total. The minimum absolute atomic E-state index is 0.141. The normalized spacial score (nSPS) is 12.2. The van der Waals surface area contributed by atoms with Crippen LogP contribution in [0, 0.1) is 0 Å². The van der Waals surface area contributed by atoms with E-state index in [-0.39, 0.29) is 5.97 Å². The molecule has 0 spiro atoms. The van der Waals surface area contributed by atoms with Crippen molar-refractivity contribution in [2.75, 3.05) is 26.8 Å². The van der Waals surface area contributed by atoms with E-state index < -0.39 is 0 Å². The highest BCUT2D eigenvalue weighted by Crippen LogP contribution is 2.36. The van der Waals surface area contributed by atoms with Crippen molar-refractivity contribution in [3.05, 3.63) is 29.3 Å². The molecule has 0 fully saturated rings. The Kier molecular flexibility index (Phi) is 5.18. The standard InChI is InChI=1S/C16H21NO3/c1-3-20-16(18)7-9-17-8-6-13-10-12-4-5-14(19-2)11-15(12)13/h4-5,10-11,17H,3,6-9H2,1-2H3. The lowest BCUT2D eigenvalue weighted by atomic mass is 9.86. The summed E-state index contributed by atoms with van der Waals surface area (Å²) in [6, 6.07) is 6.12. The topological polar surface area (TPSA) is 47.6 Å². The first-order valence-corrected chi connectivity index (χ1v) is 7.00. The molecular formula is C16H21NO3. The number of esters is 1. The third kappa shape index (κ3) is 3.61. The largest absolute Gasteiger partial charge is 0.497 e. The van der Waals surface area contributed by atoms with Crippen LogP contribution >= 0.6 is 0 Å². The van der Waals surface area contributed by atoms with Crippen molar-refractivity contribution >= 4 is 17.6 Å². The molecule has 0 atom stereocenters. The zero-order chi connectivity index (χ0) is 14.4. The van der Waals surface area contributed by atoms with E-state index in [1.807, 2.05) is 13.0 Å². The van der Waals surface area contributed by atoms with Crippen LogP contribution in [-0.4, -0.2) is 32.8 Å². The lowest BCUT2D eigenvalue weighted by Gasteiger charge is -2.21. The molecule has 0 saturated carbocycles. The van der Waals surface area contributed by atoms with E-state index in [4.69, 9.17) is 9.47 Å². The van der Waals surface area contributed by atoms with Gasteiger partial charge in [-0.05, 0) is 48.7 Å². The lowest BCUT2D eigenvalue weighted by Crippen LogP contribution is -2.21. The molecule has 0 amide bonds. The average Bonchev–Trinajstić information content (AvgIpc) is 2.43. The Balaban J connectivity index is 1.67.